The molecule has 11 N–H and O–H groups in total. The Bertz CT molecular complexity index is 2780. The van der Waals surface area contributed by atoms with E-state index in [0.29, 0.717) is 48.4 Å². The highest BCUT2D eigenvalue weighted by atomic mass is 16.6. The molecule has 8 rings (SSSR count). The van der Waals surface area contributed by atoms with Crippen LogP contribution in [-0.4, -0.2) is 115 Å². The number of nitrogens with one attached hydrogen (secondary N) is 7. The summed E-state index contributed by atoms with van der Waals surface area (Å²) in [5.41, 5.74) is 15.0. The van der Waals surface area contributed by atoms with E-state index in [1.54, 1.807) is 78.9 Å². The summed E-state index contributed by atoms with van der Waals surface area (Å²) in [4.78, 5) is 104. The van der Waals surface area contributed by atoms with E-state index in [4.69, 9.17) is 20.9 Å². The summed E-state index contributed by atoms with van der Waals surface area (Å²) in [5, 5.41) is 20.5. The van der Waals surface area contributed by atoms with Crippen molar-refractivity contribution < 1.29 is 43.0 Å². The number of rotatable bonds is 17. The summed E-state index contributed by atoms with van der Waals surface area (Å²) in [7, 11) is 0. The Morgan fingerprint density at radius 2 is 1.21 bits per heavy atom. The van der Waals surface area contributed by atoms with Gasteiger partial charge < -0.3 is 63.1 Å². The molecule has 0 radical (unpaired) electrons. The van der Waals surface area contributed by atoms with Crippen LogP contribution in [0, 0.1) is 5.92 Å². The Balaban J connectivity index is 1.18. The number of alkyl carbamates (subject to hydrolysis) is 1. The van der Waals surface area contributed by atoms with Gasteiger partial charge in [-0.25, -0.2) is 4.79 Å². The van der Waals surface area contributed by atoms with Crippen molar-refractivity contribution in [3.8, 4) is 5.75 Å². The minimum absolute atomic E-state index is 0.0194. The Morgan fingerprint density at radius 3 is 1.91 bits per heavy atom. The standard InChI is InChI=1S/C58H68N10O9/c59-27-13-12-22-46-52(69)64-47(30-38-23-25-42(26-24-38)76-36-39-16-6-2-7-17-39)53(70)66-49(31-37-14-4-1-5-15-37)57(74)68-35-43(77-58(75)61-29-28-60)33-50(68)55(72)67-51(40-18-8-3-9-19-40)56(73)65-48(54(71)63-46)32-41-34-62-45-21-11-10-20-44(41)45/h1-11,14-21,23-26,34,43-51,62H,12-13,22,27-33,35-36,59-60H2,(H,61,75)(H,63,71)(H,64,69)(H,65,73)(H,66,70)(H,67,72)/t43-,44?,45?,46+,47+,48-,49+,50+,51+/m1/s1. The summed E-state index contributed by atoms with van der Waals surface area (Å²) in [6.07, 6.45) is 8.66. The lowest BCUT2D eigenvalue weighted by atomic mass is 9.87. The van der Waals surface area contributed by atoms with E-state index >= 15 is 9.59 Å². The number of hydrogen-bond acceptors (Lipinski definition) is 12. The molecule has 2 saturated heterocycles. The van der Waals surface area contributed by atoms with Crippen LogP contribution in [0.15, 0.2) is 151 Å². The molecule has 2 fully saturated rings. The van der Waals surface area contributed by atoms with Crippen LogP contribution in [0.25, 0.3) is 0 Å². The van der Waals surface area contributed by atoms with Crippen LogP contribution < -0.4 is 53.4 Å². The molecule has 4 aliphatic rings. The minimum atomic E-state index is -1.41. The molecule has 77 heavy (non-hydrogen) atoms. The summed E-state index contributed by atoms with van der Waals surface area (Å²) in [6.45, 7) is 0.633. The van der Waals surface area contributed by atoms with Crippen LogP contribution >= 0.6 is 0 Å². The van der Waals surface area contributed by atoms with Gasteiger partial charge in [0, 0.05) is 38.3 Å². The van der Waals surface area contributed by atoms with E-state index in [9.17, 15) is 24.0 Å². The molecule has 9 atom stereocenters. The van der Waals surface area contributed by atoms with Crippen molar-refractivity contribution in [1.82, 2.24) is 42.1 Å². The maximum Gasteiger partial charge on any atom is 0.407 e. The zero-order chi connectivity index (χ0) is 54.1. The van der Waals surface area contributed by atoms with E-state index in [1.165, 1.54) is 4.90 Å². The number of benzene rings is 4. The fraction of sp³-hybridized carbons (Fsp3) is 0.362. The number of unbranched alkanes of at least 4 members (excludes halogenated alkanes) is 1. The minimum Gasteiger partial charge on any atom is -0.489 e. The van der Waals surface area contributed by atoms with Crippen molar-refractivity contribution in [3.63, 3.8) is 0 Å². The van der Waals surface area contributed by atoms with Gasteiger partial charge in [0.25, 0.3) is 0 Å². The molecule has 3 heterocycles. The third kappa shape index (κ3) is 15.0. The number of nitrogens with zero attached hydrogens (tertiary/aromatic N) is 1. The SMILES string of the molecule is NCCCC[C@@H]1NC(=O)[C@@H](CC2=CNC3C=CC=CC23)NC(=O)[C@H](c2ccccc2)NC(=O)[C@@H]2C[C@@H](OC(=O)NCCN)CN2C(=O)[C@H](Cc2ccccc2)NC(=O)[C@H](Cc2ccc(OCc3ccccc3)cc2)NC1=O. The van der Waals surface area contributed by atoms with Crippen molar-refractivity contribution >= 4 is 41.5 Å². The second kappa shape index (κ2) is 27.0. The van der Waals surface area contributed by atoms with E-state index in [1.807, 2.05) is 66.9 Å². The number of carbonyl (C=O) groups is 7. The van der Waals surface area contributed by atoms with Gasteiger partial charge in [-0.15, -0.1) is 0 Å². The van der Waals surface area contributed by atoms with E-state index < -0.39 is 83.9 Å². The molecule has 19 nitrogen and oxygen atoms in total. The Kier molecular flexibility index (Phi) is 19.2. The van der Waals surface area contributed by atoms with Crippen LogP contribution in [0.1, 0.15) is 60.4 Å². The van der Waals surface area contributed by atoms with Crippen molar-refractivity contribution in [2.24, 2.45) is 17.4 Å². The van der Waals surface area contributed by atoms with Crippen molar-refractivity contribution in [1.29, 1.82) is 0 Å². The average molecular weight is 1050 g/mol. The molecular weight excluding hydrogens is 981 g/mol. The van der Waals surface area contributed by atoms with Gasteiger partial charge in [0.1, 0.15) is 54.7 Å². The first-order chi connectivity index (χ1) is 37.5. The Morgan fingerprint density at radius 1 is 0.610 bits per heavy atom. The van der Waals surface area contributed by atoms with Crippen LogP contribution in [0.4, 0.5) is 4.79 Å². The number of carbonyl (C=O) groups excluding carboxylic acids is 7. The fourth-order valence-corrected chi connectivity index (χ4v) is 9.98. The first-order valence-corrected chi connectivity index (χ1v) is 26.3. The molecule has 0 spiro atoms. The lowest BCUT2D eigenvalue weighted by molar-refractivity contribution is -0.143. The molecule has 0 saturated carbocycles. The number of fused-ring (bicyclic) bond motifs is 2. The van der Waals surface area contributed by atoms with Crippen molar-refractivity contribution in [3.05, 3.63) is 174 Å². The van der Waals surface area contributed by atoms with Gasteiger partial charge in [0.2, 0.25) is 35.4 Å². The predicted molar refractivity (Wildman–Crippen MR) is 288 cm³/mol. The number of hydrogen-bond donors (Lipinski definition) is 9. The highest BCUT2D eigenvalue weighted by Gasteiger charge is 2.45. The number of allylic oxidation sites excluding steroid dienone is 2. The molecule has 1 aliphatic carbocycles. The first-order valence-electron chi connectivity index (χ1n) is 26.3. The fourth-order valence-electron chi connectivity index (χ4n) is 9.98. The summed E-state index contributed by atoms with van der Waals surface area (Å²) >= 11 is 0. The Labute approximate surface area is 448 Å². The largest absolute Gasteiger partial charge is 0.489 e. The van der Waals surface area contributed by atoms with Crippen LogP contribution in [-0.2, 0) is 53.0 Å². The lowest BCUT2D eigenvalue weighted by Gasteiger charge is -2.32. The van der Waals surface area contributed by atoms with Crippen molar-refractivity contribution in [2.45, 2.75) is 99.9 Å². The van der Waals surface area contributed by atoms with Gasteiger partial charge in [-0.2, -0.15) is 0 Å². The second-order valence-electron chi connectivity index (χ2n) is 19.6. The highest BCUT2D eigenvalue weighted by molar-refractivity contribution is 5.99. The molecule has 3 aliphatic heterocycles. The van der Waals surface area contributed by atoms with Gasteiger partial charge in [-0.1, -0.05) is 127 Å². The second-order valence-corrected chi connectivity index (χ2v) is 19.6. The summed E-state index contributed by atoms with van der Waals surface area (Å²) < 4.78 is 11.8. The van der Waals surface area contributed by atoms with Crippen LogP contribution in [0.2, 0.25) is 0 Å². The third-order valence-corrected chi connectivity index (χ3v) is 14.0. The normalized spacial score (nSPS) is 24.8. The van der Waals surface area contributed by atoms with E-state index in [2.05, 4.69) is 37.2 Å². The zero-order valence-corrected chi connectivity index (χ0v) is 42.8. The third-order valence-electron chi connectivity index (χ3n) is 14.0. The van der Waals surface area contributed by atoms with Gasteiger partial charge in [0.15, 0.2) is 0 Å². The molecule has 404 valence electrons. The van der Waals surface area contributed by atoms with Crippen LogP contribution in [0.5, 0.6) is 5.75 Å². The summed E-state index contributed by atoms with van der Waals surface area (Å²) in [6, 6.07) is 26.2. The maximum absolute atomic E-state index is 15.3. The van der Waals surface area contributed by atoms with Gasteiger partial charge in [-0.05, 0) is 78.4 Å². The topological polar surface area (TPSA) is 277 Å². The monoisotopic (exact) mass is 1050 g/mol. The quantitative estimate of drug-likeness (QED) is 0.0691. The number of nitrogens with two attached hydrogens (primary N) is 2. The first kappa shape index (κ1) is 55.0. The molecular formula is C58H68N10O9. The average Bonchev–Trinajstić information content (AvgIpc) is 4.08. The Hall–Kier alpha value is -8.29. The van der Waals surface area contributed by atoms with E-state index in [0.717, 1.165) is 11.1 Å². The number of amides is 7. The molecule has 7 amide bonds. The van der Waals surface area contributed by atoms with Gasteiger partial charge in [0.05, 0.1) is 12.6 Å². The highest BCUT2D eigenvalue weighted by Crippen LogP contribution is 2.30. The molecule has 4 aromatic rings. The van der Waals surface area contributed by atoms with Gasteiger partial charge >= 0.3 is 6.09 Å². The summed E-state index contributed by atoms with van der Waals surface area (Å²) in [5.74, 6) is -3.83. The maximum atomic E-state index is 15.3. The van der Waals surface area contributed by atoms with Gasteiger partial charge in [-0.3, -0.25) is 28.8 Å². The van der Waals surface area contributed by atoms with E-state index in [-0.39, 0.29) is 63.7 Å². The molecule has 0 aromatic heterocycles. The number of ether oxygens (including phenoxy) is 2. The lowest BCUT2D eigenvalue weighted by Crippen LogP contribution is -2.61. The predicted octanol–water partition coefficient (Wildman–Crippen LogP) is 2.63. The van der Waals surface area contributed by atoms with Crippen LogP contribution in [0.3, 0.4) is 0 Å². The molecule has 2 unspecified atom stereocenters. The molecule has 19 heteroatoms. The molecule has 0 bridgehead atoms. The zero-order valence-electron chi connectivity index (χ0n) is 42.8. The smallest absolute Gasteiger partial charge is 0.407 e. The molecule has 4 aromatic carbocycles. The van der Waals surface area contributed by atoms with Crippen molar-refractivity contribution in [2.75, 3.05) is 26.2 Å².